The number of para-hydroxylation sites is 2. The lowest BCUT2D eigenvalue weighted by Crippen LogP contribution is -2.47. The molecule has 1 saturated heterocycles. The number of carbonyl (C=O) groups is 1. The predicted molar refractivity (Wildman–Crippen MR) is 139 cm³/mol. The molecule has 0 radical (unpaired) electrons. The van der Waals surface area contributed by atoms with Crippen LogP contribution in [-0.4, -0.2) is 43.4 Å². The summed E-state index contributed by atoms with van der Waals surface area (Å²) in [5, 5.41) is 6.51. The monoisotopic (exact) mass is 505 g/mol. The van der Waals surface area contributed by atoms with E-state index >= 15 is 0 Å². The number of ether oxygens (including phenoxy) is 2. The van der Waals surface area contributed by atoms with E-state index in [4.69, 9.17) is 4.74 Å². The van der Waals surface area contributed by atoms with Crippen LogP contribution in [0.15, 0.2) is 71.8 Å². The zero-order chi connectivity index (χ0) is 25.8. The first-order valence-corrected chi connectivity index (χ1v) is 12.5. The highest BCUT2D eigenvalue weighted by molar-refractivity contribution is 6.05. The van der Waals surface area contributed by atoms with Gasteiger partial charge in [0, 0.05) is 6.54 Å². The molecule has 5 rings (SSSR count). The lowest BCUT2D eigenvalue weighted by Gasteiger charge is -2.36. The van der Waals surface area contributed by atoms with Gasteiger partial charge < -0.3 is 9.47 Å². The molecule has 3 aromatic rings. The number of anilines is 2. The summed E-state index contributed by atoms with van der Waals surface area (Å²) >= 11 is 0. The van der Waals surface area contributed by atoms with E-state index in [0.717, 1.165) is 48.2 Å². The smallest absolute Gasteiger partial charge is 0.387 e. The van der Waals surface area contributed by atoms with Crippen LogP contribution in [0, 0.1) is 0 Å². The van der Waals surface area contributed by atoms with Gasteiger partial charge in [0.05, 0.1) is 24.7 Å². The number of amides is 1. The van der Waals surface area contributed by atoms with Crippen molar-refractivity contribution >= 4 is 23.5 Å². The van der Waals surface area contributed by atoms with Gasteiger partial charge in [0.25, 0.3) is 5.91 Å². The lowest BCUT2D eigenvalue weighted by atomic mass is 10.0. The second kappa shape index (κ2) is 11.0. The number of halogens is 2. The highest BCUT2D eigenvalue weighted by Crippen LogP contribution is 2.38. The van der Waals surface area contributed by atoms with E-state index in [2.05, 4.69) is 22.0 Å². The van der Waals surface area contributed by atoms with Crippen molar-refractivity contribution in [3.05, 3.63) is 83.4 Å². The maximum absolute atomic E-state index is 14.2. The molecule has 0 N–H and O–H groups in total. The van der Waals surface area contributed by atoms with Crippen LogP contribution >= 0.6 is 0 Å². The first-order valence-electron chi connectivity index (χ1n) is 12.5. The number of benzene rings is 3. The summed E-state index contributed by atoms with van der Waals surface area (Å²) in [6.45, 7) is -2.30. The number of rotatable bonds is 6. The van der Waals surface area contributed by atoms with Crippen LogP contribution in [0.3, 0.4) is 0 Å². The molecule has 1 amide bonds. The molecule has 37 heavy (non-hydrogen) atoms. The largest absolute Gasteiger partial charge is 0.493 e. The SMILES string of the molecule is COc1cc(/C=N/N2CCCCC2C(=O)N2c3ccccc3CCc3ccccc32)ccc1OC(F)F. The summed E-state index contributed by atoms with van der Waals surface area (Å²) in [7, 11) is 1.39. The van der Waals surface area contributed by atoms with Crippen molar-refractivity contribution in [3.8, 4) is 11.5 Å². The van der Waals surface area contributed by atoms with Gasteiger partial charge in [-0.05, 0) is 79.1 Å². The van der Waals surface area contributed by atoms with Gasteiger partial charge in [0.1, 0.15) is 6.04 Å². The Labute approximate surface area is 215 Å². The quantitative estimate of drug-likeness (QED) is 0.389. The van der Waals surface area contributed by atoms with Crippen molar-refractivity contribution in [1.29, 1.82) is 0 Å². The van der Waals surface area contributed by atoms with Crippen LogP contribution in [0.4, 0.5) is 20.2 Å². The Bertz CT molecular complexity index is 1250. The van der Waals surface area contributed by atoms with Gasteiger partial charge in [-0.15, -0.1) is 0 Å². The van der Waals surface area contributed by atoms with Crippen molar-refractivity contribution in [1.82, 2.24) is 5.01 Å². The molecular weight excluding hydrogens is 476 g/mol. The van der Waals surface area contributed by atoms with Crippen molar-refractivity contribution in [2.24, 2.45) is 5.10 Å². The highest BCUT2D eigenvalue weighted by Gasteiger charge is 2.35. The fourth-order valence-corrected chi connectivity index (χ4v) is 5.07. The maximum atomic E-state index is 14.2. The normalized spacial score (nSPS) is 17.4. The second-order valence-electron chi connectivity index (χ2n) is 9.14. The molecule has 6 nitrogen and oxygen atoms in total. The van der Waals surface area contributed by atoms with E-state index in [-0.39, 0.29) is 17.4 Å². The minimum atomic E-state index is -2.94. The molecule has 2 aliphatic rings. The third-order valence-electron chi connectivity index (χ3n) is 6.87. The molecule has 0 bridgehead atoms. The number of methoxy groups -OCH3 is 1. The van der Waals surface area contributed by atoms with E-state index in [0.29, 0.717) is 18.5 Å². The van der Waals surface area contributed by atoms with Crippen molar-refractivity contribution in [2.75, 3.05) is 18.6 Å². The molecule has 0 aromatic heterocycles. The fraction of sp³-hybridized carbons (Fsp3) is 0.310. The number of hydrogen-bond acceptors (Lipinski definition) is 5. The summed E-state index contributed by atoms with van der Waals surface area (Å²) < 4.78 is 35.0. The average molecular weight is 506 g/mol. The standard InChI is InChI=1S/C29H29F2N3O3/c1-36-27-18-20(13-16-26(27)37-29(30)31)19-32-33-17-7-6-12-25(33)28(35)34-23-10-4-2-8-21(23)14-15-22-9-3-5-11-24(22)34/h2-5,8-11,13,16,18-19,25,29H,6-7,12,14-15,17H2,1H3/b32-19+. The number of carbonyl (C=O) groups excluding carboxylic acids is 1. The molecule has 1 unspecified atom stereocenters. The molecule has 2 heterocycles. The van der Waals surface area contributed by atoms with Gasteiger partial charge in [-0.1, -0.05) is 36.4 Å². The molecular formula is C29H29F2N3O3. The lowest BCUT2D eigenvalue weighted by molar-refractivity contribution is -0.124. The number of hydrazone groups is 1. The zero-order valence-corrected chi connectivity index (χ0v) is 20.6. The Morgan fingerprint density at radius 3 is 2.30 bits per heavy atom. The number of piperidine rings is 1. The van der Waals surface area contributed by atoms with Gasteiger partial charge >= 0.3 is 6.61 Å². The molecule has 8 heteroatoms. The first-order chi connectivity index (χ1) is 18.0. The van der Waals surface area contributed by atoms with Crippen molar-refractivity contribution in [2.45, 2.75) is 44.8 Å². The van der Waals surface area contributed by atoms with E-state index in [1.807, 2.05) is 46.3 Å². The second-order valence-corrected chi connectivity index (χ2v) is 9.14. The Morgan fingerprint density at radius 2 is 1.65 bits per heavy atom. The van der Waals surface area contributed by atoms with Crippen LogP contribution in [0.5, 0.6) is 11.5 Å². The van der Waals surface area contributed by atoms with Crippen LogP contribution in [-0.2, 0) is 17.6 Å². The Hall–Kier alpha value is -3.94. The molecule has 1 atom stereocenters. The fourth-order valence-electron chi connectivity index (χ4n) is 5.07. The maximum Gasteiger partial charge on any atom is 0.387 e. The first kappa shape index (κ1) is 24.7. The molecule has 2 aliphatic heterocycles. The number of fused-ring (bicyclic) bond motifs is 2. The van der Waals surface area contributed by atoms with Crippen molar-refractivity contribution < 1.29 is 23.0 Å². The van der Waals surface area contributed by atoms with Crippen LogP contribution in [0.25, 0.3) is 0 Å². The van der Waals surface area contributed by atoms with Gasteiger partial charge in [0.2, 0.25) is 0 Å². The molecule has 0 aliphatic carbocycles. The number of aryl methyl sites for hydroxylation is 2. The van der Waals surface area contributed by atoms with Crippen LogP contribution in [0.2, 0.25) is 0 Å². The molecule has 192 valence electrons. The summed E-state index contributed by atoms with van der Waals surface area (Å²) in [5.74, 6) is 0.143. The van der Waals surface area contributed by atoms with E-state index in [1.54, 1.807) is 18.3 Å². The van der Waals surface area contributed by atoms with Gasteiger partial charge in [-0.2, -0.15) is 13.9 Å². The van der Waals surface area contributed by atoms with Crippen LogP contribution < -0.4 is 14.4 Å². The summed E-state index contributed by atoms with van der Waals surface area (Å²) in [6.07, 6.45) is 5.94. The number of hydrogen-bond donors (Lipinski definition) is 0. The van der Waals surface area contributed by atoms with E-state index in [9.17, 15) is 13.6 Å². The highest BCUT2D eigenvalue weighted by atomic mass is 19.3. The van der Waals surface area contributed by atoms with Gasteiger partial charge in [0.15, 0.2) is 11.5 Å². The molecule has 1 fully saturated rings. The Balaban J connectivity index is 1.44. The predicted octanol–water partition coefficient (Wildman–Crippen LogP) is 5.95. The van der Waals surface area contributed by atoms with Gasteiger partial charge in [-0.3, -0.25) is 14.7 Å². The molecule has 0 saturated carbocycles. The van der Waals surface area contributed by atoms with E-state index in [1.165, 1.54) is 13.2 Å². The van der Waals surface area contributed by atoms with Gasteiger partial charge in [-0.25, -0.2) is 0 Å². The summed E-state index contributed by atoms with van der Waals surface area (Å²) in [6, 6.07) is 20.4. The third-order valence-corrected chi connectivity index (χ3v) is 6.87. The molecule has 3 aromatic carbocycles. The summed E-state index contributed by atoms with van der Waals surface area (Å²) in [5.41, 5.74) is 4.80. The third kappa shape index (κ3) is 5.28. The van der Waals surface area contributed by atoms with Crippen LogP contribution in [0.1, 0.15) is 36.0 Å². The minimum Gasteiger partial charge on any atom is -0.493 e. The number of alkyl halides is 2. The topological polar surface area (TPSA) is 54.4 Å². The Morgan fingerprint density at radius 1 is 0.973 bits per heavy atom. The summed E-state index contributed by atoms with van der Waals surface area (Å²) in [4.78, 5) is 16.1. The van der Waals surface area contributed by atoms with Crippen molar-refractivity contribution in [3.63, 3.8) is 0 Å². The Kier molecular flexibility index (Phi) is 7.35. The minimum absolute atomic E-state index is 0.00286. The van der Waals surface area contributed by atoms with E-state index < -0.39 is 12.7 Å². The zero-order valence-electron chi connectivity index (χ0n) is 20.6. The number of nitrogens with zero attached hydrogens (tertiary/aromatic N) is 3. The average Bonchev–Trinajstić information content (AvgIpc) is 3.09. The molecule has 0 spiro atoms.